The van der Waals surface area contributed by atoms with Gasteiger partial charge in [0.1, 0.15) is 0 Å². The first kappa shape index (κ1) is 14.4. The van der Waals surface area contributed by atoms with Crippen molar-refractivity contribution in [2.45, 2.75) is 11.2 Å². The molecule has 18 heavy (non-hydrogen) atoms. The maximum Gasteiger partial charge on any atom is 0.0450 e. The molecule has 0 N–H and O–H groups in total. The first-order valence-corrected chi connectivity index (χ1v) is 7.86. The van der Waals surface area contributed by atoms with Crippen molar-refractivity contribution < 1.29 is 0 Å². The van der Waals surface area contributed by atoms with E-state index in [-0.39, 0.29) is 4.83 Å². The van der Waals surface area contributed by atoms with Crippen LogP contribution in [0.4, 0.5) is 0 Å². The Balaban J connectivity index is 2.21. The van der Waals surface area contributed by atoms with Crippen molar-refractivity contribution in [3.05, 3.63) is 68.1 Å². The van der Waals surface area contributed by atoms with Gasteiger partial charge in [0.15, 0.2) is 0 Å². The van der Waals surface area contributed by atoms with Crippen LogP contribution in [0.5, 0.6) is 0 Å². The second-order valence-corrected chi connectivity index (χ2v) is 6.83. The summed E-state index contributed by atoms with van der Waals surface area (Å²) in [6.07, 6.45) is 0.844. The van der Waals surface area contributed by atoms with Crippen LogP contribution in [0.15, 0.2) is 46.9 Å². The van der Waals surface area contributed by atoms with Crippen LogP contribution < -0.4 is 0 Å². The predicted octanol–water partition coefficient (Wildman–Crippen LogP) is 6.43. The van der Waals surface area contributed by atoms with Crippen LogP contribution in [0.25, 0.3) is 0 Å². The summed E-state index contributed by atoms with van der Waals surface area (Å²) in [6.45, 7) is 0. The van der Waals surface area contributed by atoms with Crippen molar-refractivity contribution in [1.29, 1.82) is 0 Å². The lowest BCUT2D eigenvalue weighted by Crippen LogP contribution is -1.96. The van der Waals surface area contributed by atoms with Gasteiger partial charge in [-0.3, -0.25) is 0 Å². The molecule has 2 aromatic carbocycles. The van der Waals surface area contributed by atoms with E-state index in [0.29, 0.717) is 0 Å². The highest BCUT2D eigenvalue weighted by Gasteiger charge is 2.12. The van der Waals surface area contributed by atoms with Crippen LogP contribution in [0.3, 0.4) is 0 Å². The minimum atomic E-state index is 0.168. The van der Waals surface area contributed by atoms with Crippen LogP contribution in [-0.4, -0.2) is 0 Å². The fourth-order valence-electron chi connectivity index (χ4n) is 1.74. The molecule has 0 spiro atoms. The molecule has 94 valence electrons. The first-order chi connectivity index (χ1) is 8.56. The maximum atomic E-state index is 6.21. The molecular weight excluding hydrogens is 399 g/mol. The molecular formula is C14H10Br2Cl2. The van der Waals surface area contributed by atoms with Gasteiger partial charge in [-0.15, -0.1) is 0 Å². The fourth-order valence-corrected chi connectivity index (χ4v) is 3.46. The summed E-state index contributed by atoms with van der Waals surface area (Å²) in [4.78, 5) is 0.168. The minimum absolute atomic E-state index is 0.168. The van der Waals surface area contributed by atoms with Gasteiger partial charge in [-0.25, -0.2) is 0 Å². The zero-order chi connectivity index (χ0) is 13.1. The highest BCUT2D eigenvalue weighted by Crippen LogP contribution is 2.34. The second-order valence-electron chi connectivity index (χ2n) is 3.97. The van der Waals surface area contributed by atoms with E-state index in [9.17, 15) is 0 Å². The summed E-state index contributed by atoms with van der Waals surface area (Å²) in [5.74, 6) is 0. The number of rotatable bonds is 3. The van der Waals surface area contributed by atoms with E-state index in [0.717, 1.165) is 26.5 Å². The van der Waals surface area contributed by atoms with Gasteiger partial charge in [-0.1, -0.05) is 67.2 Å². The molecule has 0 aliphatic rings. The molecule has 0 heterocycles. The van der Waals surface area contributed by atoms with E-state index in [2.05, 4.69) is 37.9 Å². The number of hydrogen-bond donors (Lipinski definition) is 0. The Hall–Kier alpha value is -0.0200. The Morgan fingerprint density at radius 2 is 1.83 bits per heavy atom. The summed E-state index contributed by atoms with van der Waals surface area (Å²) in [5, 5.41) is 1.52. The van der Waals surface area contributed by atoms with Gasteiger partial charge in [0.05, 0.1) is 0 Å². The third kappa shape index (κ3) is 3.74. The van der Waals surface area contributed by atoms with Gasteiger partial charge in [0.25, 0.3) is 0 Å². The average Bonchev–Trinajstić information content (AvgIpc) is 2.32. The quantitative estimate of drug-likeness (QED) is 0.513. The third-order valence-corrected chi connectivity index (χ3v) is 4.49. The molecule has 0 saturated heterocycles. The number of alkyl halides is 1. The van der Waals surface area contributed by atoms with Crippen molar-refractivity contribution in [2.75, 3.05) is 0 Å². The molecule has 2 aromatic rings. The lowest BCUT2D eigenvalue weighted by atomic mass is 10.0. The van der Waals surface area contributed by atoms with E-state index in [1.165, 1.54) is 5.56 Å². The number of hydrogen-bond acceptors (Lipinski definition) is 0. The number of benzene rings is 2. The topological polar surface area (TPSA) is 0 Å². The first-order valence-electron chi connectivity index (χ1n) is 5.40. The molecule has 0 amide bonds. The Morgan fingerprint density at radius 1 is 1.06 bits per heavy atom. The monoisotopic (exact) mass is 406 g/mol. The molecule has 0 radical (unpaired) electrons. The van der Waals surface area contributed by atoms with Crippen LogP contribution in [0.1, 0.15) is 16.0 Å². The standard InChI is InChI=1S/C14H10Br2Cl2/c15-10-4-5-14(18)12(8-10)13(16)7-9-2-1-3-11(17)6-9/h1-6,8,13H,7H2. The Labute approximate surface area is 134 Å². The van der Waals surface area contributed by atoms with Crippen LogP contribution in [0.2, 0.25) is 10.0 Å². The SMILES string of the molecule is Clc1cccc(CC(Br)c2cc(Br)ccc2Cl)c1. The van der Waals surface area contributed by atoms with E-state index in [4.69, 9.17) is 23.2 Å². The van der Waals surface area contributed by atoms with Crippen molar-refractivity contribution >= 4 is 55.1 Å². The summed E-state index contributed by atoms with van der Waals surface area (Å²) in [5.41, 5.74) is 2.26. The molecule has 4 heteroatoms. The molecule has 0 nitrogen and oxygen atoms in total. The van der Waals surface area contributed by atoms with E-state index in [1.54, 1.807) is 0 Å². The van der Waals surface area contributed by atoms with Gasteiger partial charge >= 0.3 is 0 Å². The summed E-state index contributed by atoms with van der Waals surface area (Å²) >= 11 is 19.3. The van der Waals surface area contributed by atoms with Gasteiger partial charge < -0.3 is 0 Å². The zero-order valence-electron chi connectivity index (χ0n) is 9.34. The zero-order valence-corrected chi connectivity index (χ0v) is 14.0. The third-order valence-electron chi connectivity index (χ3n) is 2.60. The molecule has 1 atom stereocenters. The minimum Gasteiger partial charge on any atom is -0.0843 e. The normalized spacial score (nSPS) is 12.4. The highest BCUT2D eigenvalue weighted by atomic mass is 79.9. The second kappa shape index (κ2) is 6.42. The molecule has 0 fully saturated rings. The van der Waals surface area contributed by atoms with Crippen molar-refractivity contribution in [3.63, 3.8) is 0 Å². The van der Waals surface area contributed by atoms with Crippen molar-refractivity contribution in [2.24, 2.45) is 0 Å². The van der Waals surface area contributed by atoms with E-state index in [1.807, 2.05) is 36.4 Å². The Kier molecular flexibility index (Phi) is 5.14. The van der Waals surface area contributed by atoms with Crippen molar-refractivity contribution in [3.8, 4) is 0 Å². The number of halogens is 4. The van der Waals surface area contributed by atoms with Crippen LogP contribution in [-0.2, 0) is 6.42 Å². The average molecular weight is 409 g/mol. The van der Waals surface area contributed by atoms with E-state index < -0.39 is 0 Å². The molecule has 0 aromatic heterocycles. The van der Waals surface area contributed by atoms with Gasteiger partial charge in [0, 0.05) is 19.3 Å². The smallest absolute Gasteiger partial charge is 0.0450 e. The Morgan fingerprint density at radius 3 is 2.56 bits per heavy atom. The molecule has 0 saturated carbocycles. The molecule has 0 aliphatic carbocycles. The Bertz CT molecular complexity index is 555. The lowest BCUT2D eigenvalue weighted by molar-refractivity contribution is 0.948. The lowest BCUT2D eigenvalue weighted by Gasteiger charge is -2.13. The van der Waals surface area contributed by atoms with Crippen LogP contribution in [0, 0.1) is 0 Å². The summed E-state index contributed by atoms with van der Waals surface area (Å²) < 4.78 is 1.03. The van der Waals surface area contributed by atoms with Gasteiger partial charge in [0.2, 0.25) is 0 Å². The van der Waals surface area contributed by atoms with Crippen LogP contribution >= 0.6 is 55.1 Å². The largest absolute Gasteiger partial charge is 0.0843 e. The molecule has 2 rings (SSSR count). The highest BCUT2D eigenvalue weighted by molar-refractivity contribution is 9.10. The summed E-state index contributed by atoms with van der Waals surface area (Å²) in [6, 6.07) is 13.7. The predicted molar refractivity (Wildman–Crippen MR) is 86.0 cm³/mol. The molecule has 0 aliphatic heterocycles. The van der Waals surface area contributed by atoms with Gasteiger partial charge in [-0.2, -0.15) is 0 Å². The van der Waals surface area contributed by atoms with E-state index >= 15 is 0 Å². The summed E-state index contributed by atoms with van der Waals surface area (Å²) in [7, 11) is 0. The fraction of sp³-hybridized carbons (Fsp3) is 0.143. The molecule has 0 bridgehead atoms. The van der Waals surface area contributed by atoms with Gasteiger partial charge in [-0.05, 0) is 47.9 Å². The van der Waals surface area contributed by atoms with Crippen molar-refractivity contribution in [1.82, 2.24) is 0 Å². The molecule has 1 unspecified atom stereocenters. The maximum absolute atomic E-state index is 6.21.